The monoisotopic (exact) mass is 325 g/mol. The fraction of sp³-hybridized carbons (Fsp3) is 0.429. The lowest BCUT2D eigenvalue weighted by Gasteiger charge is -2.15. The van der Waals surface area contributed by atoms with E-state index < -0.39 is 0 Å². The average Bonchev–Trinajstić information content (AvgIpc) is 2.58. The van der Waals surface area contributed by atoms with Crippen LogP contribution in [0.5, 0.6) is 5.75 Å². The number of amides is 2. The normalized spacial score (nSPS) is 23.0. The number of nitrogens with zero attached hydrogens (tertiary/aromatic N) is 1. The highest BCUT2D eigenvalue weighted by Crippen LogP contribution is 2.25. The molecule has 1 heterocycles. The summed E-state index contributed by atoms with van der Waals surface area (Å²) < 4.78 is 6.50. The number of benzene rings is 1. The molecule has 0 spiro atoms. The van der Waals surface area contributed by atoms with E-state index in [1.807, 2.05) is 24.3 Å². The Labute approximate surface area is 120 Å². The second kappa shape index (κ2) is 5.74. The van der Waals surface area contributed by atoms with Crippen LogP contribution in [0.15, 0.2) is 28.7 Å². The van der Waals surface area contributed by atoms with E-state index in [0.717, 1.165) is 10.2 Å². The molecule has 1 aromatic rings. The molecule has 0 N–H and O–H groups in total. The number of likely N-dealkylation sites (tertiary alicyclic amines) is 1. The van der Waals surface area contributed by atoms with Crippen LogP contribution in [0, 0.1) is 11.8 Å². The molecule has 1 aromatic carbocycles. The number of imide groups is 1. The minimum atomic E-state index is -0.222. The fourth-order valence-electron chi connectivity index (χ4n) is 2.03. The molecule has 0 aromatic heterocycles. The molecule has 102 valence electrons. The quantitative estimate of drug-likeness (QED) is 0.799. The van der Waals surface area contributed by atoms with Crippen LogP contribution in [0.3, 0.4) is 0 Å². The van der Waals surface area contributed by atoms with Gasteiger partial charge in [-0.2, -0.15) is 0 Å². The minimum Gasteiger partial charge on any atom is -0.492 e. The highest BCUT2D eigenvalue weighted by Gasteiger charge is 2.41. The SMILES string of the molecule is CC1C(=O)N(CCOc2ccc(Br)cc2)C(=O)C1C. The summed E-state index contributed by atoms with van der Waals surface area (Å²) in [5, 5.41) is 0. The summed E-state index contributed by atoms with van der Waals surface area (Å²) in [6.45, 7) is 4.21. The third kappa shape index (κ3) is 2.97. The smallest absolute Gasteiger partial charge is 0.232 e. The Bertz CT molecular complexity index is 466. The van der Waals surface area contributed by atoms with Crippen molar-refractivity contribution in [1.29, 1.82) is 0 Å². The van der Waals surface area contributed by atoms with Gasteiger partial charge in [0.2, 0.25) is 11.8 Å². The molecular weight excluding hydrogens is 310 g/mol. The van der Waals surface area contributed by atoms with E-state index in [9.17, 15) is 9.59 Å². The maximum Gasteiger partial charge on any atom is 0.232 e. The Morgan fingerprint density at radius 2 is 1.63 bits per heavy atom. The van der Waals surface area contributed by atoms with Crippen molar-refractivity contribution < 1.29 is 14.3 Å². The van der Waals surface area contributed by atoms with Gasteiger partial charge >= 0.3 is 0 Å². The zero-order valence-electron chi connectivity index (χ0n) is 10.9. The number of ether oxygens (including phenoxy) is 1. The standard InChI is InChI=1S/C14H16BrNO3/c1-9-10(2)14(18)16(13(9)17)7-8-19-12-5-3-11(15)4-6-12/h3-6,9-10H,7-8H2,1-2H3. The van der Waals surface area contributed by atoms with Gasteiger partial charge in [-0.3, -0.25) is 14.5 Å². The van der Waals surface area contributed by atoms with E-state index in [1.54, 1.807) is 13.8 Å². The first-order chi connectivity index (χ1) is 9.00. The summed E-state index contributed by atoms with van der Waals surface area (Å²) >= 11 is 3.34. The maximum atomic E-state index is 11.9. The second-order valence-electron chi connectivity index (χ2n) is 4.71. The summed E-state index contributed by atoms with van der Waals surface area (Å²) in [7, 11) is 0. The minimum absolute atomic E-state index is 0.100. The van der Waals surface area contributed by atoms with Gasteiger partial charge in [-0.25, -0.2) is 0 Å². The number of rotatable bonds is 4. The molecule has 1 fully saturated rings. The number of halogens is 1. The molecule has 2 amide bonds. The highest BCUT2D eigenvalue weighted by molar-refractivity contribution is 9.10. The van der Waals surface area contributed by atoms with Gasteiger partial charge in [0.25, 0.3) is 0 Å². The van der Waals surface area contributed by atoms with E-state index in [1.165, 1.54) is 4.90 Å². The molecule has 0 saturated carbocycles. The molecule has 2 unspecified atom stereocenters. The predicted molar refractivity (Wildman–Crippen MR) is 74.7 cm³/mol. The lowest BCUT2D eigenvalue weighted by molar-refractivity contribution is -0.140. The topological polar surface area (TPSA) is 46.6 Å². The predicted octanol–water partition coefficient (Wildman–Crippen LogP) is 2.47. The zero-order valence-corrected chi connectivity index (χ0v) is 12.5. The van der Waals surface area contributed by atoms with Crippen LogP contribution in [0.4, 0.5) is 0 Å². The largest absolute Gasteiger partial charge is 0.492 e. The lowest BCUT2D eigenvalue weighted by atomic mass is 10.00. The van der Waals surface area contributed by atoms with Crippen molar-refractivity contribution in [2.24, 2.45) is 11.8 Å². The number of hydrogen-bond acceptors (Lipinski definition) is 3. The Hall–Kier alpha value is -1.36. The molecule has 19 heavy (non-hydrogen) atoms. The van der Waals surface area contributed by atoms with Crippen molar-refractivity contribution in [2.45, 2.75) is 13.8 Å². The summed E-state index contributed by atoms with van der Waals surface area (Å²) in [6, 6.07) is 7.43. The molecule has 2 rings (SSSR count). The number of hydrogen-bond donors (Lipinski definition) is 0. The third-order valence-corrected chi connectivity index (χ3v) is 3.99. The molecule has 0 radical (unpaired) electrons. The van der Waals surface area contributed by atoms with Gasteiger partial charge in [0.05, 0.1) is 6.54 Å². The summed E-state index contributed by atoms with van der Waals surface area (Å²) in [6.07, 6.45) is 0. The van der Waals surface area contributed by atoms with Gasteiger partial charge in [0.1, 0.15) is 12.4 Å². The van der Waals surface area contributed by atoms with Crippen LogP contribution in [0.2, 0.25) is 0 Å². The van der Waals surface area contributed by atoms with Crippen LogP contribution in [-0.2, 0) is 9.59 Å². The lowest BCUT2D eigenvalue weighted by Crippen LogP contribution is -2.34. The van der Waals surface area contributed by atoms with Gasteiger partial charge in [-0.15, -0.1) is 0 Å². The van der Waals surface area contributed by atoms with Crippen molar-refractivity contribution in [3.8, 4) is 5.75 Å². The third-order valence-electron chi connectivity index (χ3n) is 3.46. The molecular formula is C14H16BrNO3. The van der Waals surface area contributed by atoms with E-state index >= 15 is 0 Å². The van der Waals surface area contributed by atoms with Gasteiger partial charge in [0.15, 0.2) is 0 Å². The zero-order chi connectivity index (χ0) is 14.0. The maximum absolute atomic E-state index is 11.9. The van der Waals surface area contributed by atoms with Crippen LogP contribution in [-0.4, -0.2) is 29.9 Å². The first-order valence-electron chi connectivity index (χ1n) is 6.24. The van der Waals surface area contributed by atoms with Crippen molar-refractivity contribution in [2.75, 3.05) is 13.2 Å². The van der Waals surface area contributed by atoms with E-state index in [0.29, 0.717) is 13.2 Å². The summed E-state index contributed by atoms with van der Waals surface area (Å²) in [4.78, 5) is 25.0. The number of carbonyl (C=O) groups excluding carboxylic acids is 2. The Balaban J connectivity index is 1.88. The molecule has 0 bridgehead atoms. The molecule has 1 aliphatic heterocycles. The van der Waals surface area contributed by atoms with Crippen LogP contribution >= 0.6 is 15.9 Å². The van der Waals surface area contributed by atoms with Crippen molar-refractivity contribution in [1.82, 2.24) is 4.90 Å². The second-order valence-corrected chi connectivity index (χ2v) is 5.62. The molecule has 5 heteroatoms. The number of carbonyl (C=O) groups is 2. The van der Waals surface area contributed by atoms with Crippen LogP contribution in [0.25, 0.3) is 0 Å². The molecule has 0 aliphatic carbocycles. The van der Waals surface area contributed by atoms with Crippen molar-refractivity contribution in [3.63, 3.8) is 0 Å². The van der Waals surface area contributed by atoms with Crippen molar-refractivity contribution >= 4 is 27.7 Å². The van der Waals surface area contributed by atoms with Gasteiger partial charge in [-0.05, 0) is 24.3 Å². The average molecular weight is 326 g/mol. The fourth-order valence-corrected chi connectivity index (χ4v) is 2.30. The van der Waals surface area contributed by atoms with Gasteiger partial charge in [0, 0.05) is 16.3 Å². The molecule has 1 aliphatic rings. The van der Waals surface area contributed by atoms with E-state index in [-0.39, 0.29) is 23.7 Å². The Morgan fingerprint density at radius 1 is 1.11 bits per heavy atom. The van der Waals surface area contributed by atoms with Crippen molar-refractivity contribution in [3.05, 3.63) is 28.7 Å². The summed E-state index contributed by atoms with van der Waals surface area (Å²) in [5.74, 6) is 0.0811. The van der Waals surface area contributed by atoms with Gasteiger partial charge in [-0.1, -0.05) is 29.8 Å². The van der Waals surface area contributed by atoms with E-state index in [4.69, 9.17) is 4.74 Å². The molecule has 1 saturated heterocycles. The van der Waals surface area contributed by atoms with Crippen LogP contribution < -0.4 is 4.74 Å². The Kier molecular flexibility index (Phi) is 4.24. The van der Waals surface area contributed by atoms with Crippen LogP contribution in [0.1, 0.15) is 13.8 Å². The first-order valence-corrected chi connectivity index (χ1v) is 7.03. The molecule has 4 nitrogen and oxygen atoms in total. The summed E-state index contributed by atoms with van der Waals surface area (Å²) in [5.41, 5.74) is 0. The first kappa shape index (κ1) is 14.1. The van der Waals surface area contributed by atoms with E-state index in [2.05, 4.69) is 15.9 Å². The molecule has 2 atom stereocenters. The highest BCUT2D eigenvalue weighted by atomic mass is 79.9. The van der Waals surface area contributed by atoms with Gasteiger partial charge < -0.3 is 4.74 Å². The Morgan fingerprint density at radius 3 is 2.16 bits per heavy atom.